The van der Waals surface area contributed by atoms with E-state index in [1.165, 1.54) is 30.5 Å². The first-order chi connectivity index (χ1) is 18.2. The second kappa shape index (κ2) is 11.7. The molecule has 0 spiro atoms. The van der Waals surface area contributed by atoms with Crippen molar-refractivity contribution in [3.63, 3.8) is 0 Å². The van der Waals surface area contributed by atoms with Gasteiger partial charge in [-0.3, -0.25) is 4.79 Å². The number of carbonyl (C=O) groups is 2. The summed E-state index contributed by atoms with van der Waals surface area (Å²) in [6.45, 7) is 1.86. The summed E-state index contributed by atoms with van der Waals surface area (Å²) >= 11 is 0. The van der Waals surface area contributed by atoms with Crippen LogP contribution in [0.15, 0.2) is 105 Å². The van der Waals surface area contributed by atoms with Gasteiger partial charge in [-0.1, -0.05) is 60.2 Å². The van der Waals surface area contributed by atoms with Gasteiger partial charge in [-0.2, -0.15) is 5.10 Å². The Balaban J connectivity index is 1.41. The summed E-state index contributed by atoms with van der Waals surface area (Å²) in [6.07, 6.45) is 1.13. The van der Waals surface area contributed by atoms with Gasteiger partial charge in [-0.15, -0.1) is 0 Å². The van der Waals surface area contributed by atoms with Gasteiger partial charge in [0.2, 0.25) is 15.9 Å². The van der Waals surface area contributed by atoms with E-state index in [9.17, 15) is 18.0 Å². The number of nitrogens with zero attached hydrogens (tertiary/aromatic N) is 1. The quantitative estimate of drug-likeness (QED) is 0.203. The number of hydrazone groups is 1. The number of carboxylic acid groups (broad SMARTS) is 1. The zero-order valence-electron chi connectivity index (χ0n) is 20.4. The van der Waals surface area contributed by atoms with E-state index in [-0.39, 0.29) is 16.9 Å². The van der Waals surface area contributed by atoms with Crippen molar-refractivity contribution >= 4 is 28.1 Å². The Morgan fingerprint density at radius 1 is 0.947 bits per heavy atom. The molecule has 0 unspecified atom stereocenters. The van der Waals surface area contributed by atoms with Crippen molar-refractivity contribution in [3.8, 4) is 11.3 Å². The van der Waals surface area contributed by atoms with Gasteiger partial charge in [0.15, 0.2) is 0 Å². The van der Waals surface area contributed by atoms with Gasteiger partial charge in [0, 0.05) is 12.0 Å². The fourth-order valence-electron chi connectivity index (χ4n) is 3.64. The van der Waals surface area contributed by atoms with Gasteiger partial charge in [0.25, 0.3) is 0 Å². The third-order valence-electron chi connectivity index (χ3n) is 5.64. The molecule has 0 saturated heterocycles. The number of hydrogen-bond acceptors (Lipinski definition) is 6. The minimum Gasteiger partial charge on any atom is -0.478 e. The number of carbonyl (C=O) groups excluding carboxylic acids is 1. The van der Waals surface area contributed by atoms with Crippen LogP contribution in [0.1, 0.15) is 39.7 Å². The summed E-state index contributed by atoms with van der Waals surface area (Å²) in [4.78, 5) is 23.8. The largest absolute Gasteiger partial charge is 0.478 e. The zero-order chi connectivity index (χ0) is 27.1. The number of carboxylic acids is 1. The molecule has 1 aromatic heterocycles. The molecule has 3 N–H and O–H groups in total. The standard InChI is InChI=1S/C28H25N3O6S/c1-19-7-14-24(15-8-19)38(35,36)31-25(20-5-3-2-4-6-20)17-27(32)30-29-18-23-13-16-26(37-23)21-9-11-22(12-10-21)28(33)34/h2-16,18,25,31H,17H2,1H3,(H,30,32)(H,33,34)/b29-18-/t25-/m1/s1. The molecule has 1 atom stereocenters. The lowest BCUT2D eigenvalue weighted by Crippen LogP contribution is -2.32. The molecule has 0 radical (unpaired) electrons. The lowest BCUT2D eigenvalue weighted by molar-refractivity contribution is -0.121. The summed E-state index contributed by atoms with van der Waals surface area (Å²) < 4.78 is 34.2. The number of hydrogen-bond donors (Lipinski definition) is 3. The second-order valence-corrected chi connectivity index (χ2v) is 10.2. The maximum Gasteiger partial charge on any atom is 0.335 e. The molecule has 0 bridgehead atoms. The van der Waals surface area contributed by atoms with Crippen molar-refractivity contribution in [1.29, 1.82) is 0 Å². The number of aromatic carboxylic acids is 1. The molecular weight excluding hydrogens is 506 g/mol. The lowest BCUT2D eigenvalue weighted by Gasteiger charge is -2.18. The van der Waals surface area contributed by atoms with E-state index < -0.39 is 27.9 Å². The average Bonchev–Trinajstić information content (AvgIpc) is 3.38. The molecule has 4 aromatic rings. The number of benzene rings is 3. The van der Waals surface area contributed by atoms with Crippen LogP contribution in [-0.4, -0.2) is 31.6 Å². The zero-order valence-corrected chi connectivity index (χ0v) is 21.2. The molecule has 4 rings (SSSR count). The maximum atomic E-state index is 13.0. The van der Waals surface area contributed by atoms with Crippen LogP contribution in [0.25, 0.3) is 11.3 Å². The van der Waals surface area contributed by atoms with Crippen LogP contribution < -0.4 is 10.1 Å². The number of rotatable bonds is 10. The number of furan rings is 1. The summed E-state index contributed by atoms with van der Waals surface area (Å²) in [7, 11) is -3.88. The second-order valence-electron chi connectivity index (χ2n) is 8.48. The van der Waals surface area contributed by atoms with Crippen molar-refractivity contribution in [2.24, 2.45) is 5.10 Å². The molecule has 9 nitrogen and oxygen atoms in total. The monoisotopic (exact) mass is 531 g/mol. The highest BCUT2D eigenvalue weighted by molar-refractivity contribution is 7.89. The van der Waals surface area contributed by atoms with Gasteiger partial charge in [-0.25, -0.2) is 23.4 Å². The van der Waals surface area contributed by atoms with Gasteiger partial charge >= 0.3 is 5.97 Å². The van der Waals surface area contributed by atoms with Crippen molar-refractivity contribution in [2.45, 2.75) is 24.3 Å². The van der Waals surface area contributed by atoms with Crippen LogP contribution in [-0.2, 0) is 14.8 Å². The Labute approximate surface area is 219 Å². The van der Waals surface area contributed by atoms with Crippen molar-refractivity contribution in [1.82, 2.24) is 10.1 Å². The Bertz CT molecular complexity index is 1540. The number of nitrogens with one attached hydrogen (secondary N) is 2. The van der Waals surface area contributed by atoms with Crippen LogP contribution in [0.5, 0.6) is 0 Å². The van der Waals surface area contributed by atoms with Crippen LogP contribution in [0, 0.1) is 6.92 Å². The molecule has 0 aliphatic carbocycles. The highest BCUT2D eigenvalue weighted by Crippen LogP contribution is 2.23. The molecule has 0 aliphatic heterocycles. The first kappa shape index (κ1) is 26.5. The van der Waals surface area contributed by atoms with Crippen LogP contribution in [0.2, 0.25) is 0 Å². The van der Waals surface area contributed by atoms with Crippen molar-refractivity contribution < 1.29 is 27.5 Å². The van der Waals surface area contributed by atoms with E-state index in [1.807, 2.05) is 6.92 Å². The molecule has 3 aromatic carbocycles. The Hall–Kier alpha value is -4.54. The fourth-order valence-corrected chi connectivity index (χ4v) is 4.86. The third-order valence-corrected chi connectivity index (χ3v) is 7.13. The molecule has 1 amide bonds. The summed E-state index contributed by atoms with van der Waals surface area (Å²) in [5.41, 5.74) is 4.82. The third kappa shape index (κ3) is 6.81. The van der Waals surface area contributed by atoms with Crippen molar-refractivity contribution in [2.75, 3.05) is 0 Å². The first-order valence-corrected chi connectivity index (χ1v) is 13.1. The summed E-state index contributed by atoms with van der Waals surface area (Å²) in [5.74, 6) is -0.651. The Morgan fingerprint density at radius 2 is 1.63 bits per heavy atom. The number of sulfonamides is 1. The van der Waals surface area contributed by atoms with Gasteiger partial charge in [-0.05, 0) is 48.9 Å². The van der Waals surface area contributed by atoms with Crippen LogP contribution >= 0.6 is 0 Å². The maximum absolute atomic E-state index is 13.0. The van der Waals surface area contributed by atoms with E-state index in [1.54, 1.807) is 66.7 Å². The minimum absolute atomic E-state index is 0.105. The molecule has 0 aliphatic rings. The van der Waals surface area contributed by atoms with Gasteiger partial charge < -0.3 is 9.52 Å². The van der Waals surface area contributed by atoms with E-state index in [0.717, 1.165) is 5.56 Å². The van der Waals surface area contributed by atoms with E-state index in [0.29, 0.717) is 22.6 Å². The molecule has 1 heterocycles. The highest BCUT2D eigenvalue weighted by atomic mass is 32.2. The molecular formula is C28H25N3O6S. The Morgan fingerprint density at radius 3 is 2.29 bits per heavy atom. The fraction of sp³-hybridized carbons (Fsp3) is 0.107. The van der Waals surface area contributed by atoms with E-state index in [2.05, 4.69) is 15.2 Å². The minimum atomic E-state index is -3.88. The SMILES string of the molecule is Cc1ccc(S(=O)(=O)N[C@H](CC(=O)N/N=C\c2ccc(-c3ccc(C(=O)O)cc3)o2)c2ccccc2)cc1. The molecule has 38 heavy (non-hydrogen) atoms. The van der Waals surface area contributed by atoms with Gasteiger partial charge in [0.05, 0.1) is 22.7 Å². The normalized spacial score (nSPS) is 12.3. The molecule has 0 saturated carbocycles. The molecule has 10 heteroatoms. The van der Waals surface area contributed by atoms with Crippen molar-refractivity contribution in [3.05, 3.63) is 113 Å². The lowest BCUT2D eigenvalue weighted by atomic mass is 10.0. The number of amides is 1. The molecule has 194 valence electrons. The van der Waals surface area contributed by atoms with Crippen LogP contribution in [0.4, 0.5) is 0 Å². The first-order valence-electron chi connectivity index (χ1n) is 11.6. The van der Waals surface area contributed by atoms with Crippen LogP contribution in [0.3, 0.4) is 0 Å². The predicted octanol–water partition coefficient (Wildman–Crippen LogP) is 4.51. The predicted molar refractivity (Wildman–Crippen MR) is 142 cm³/mol. The number of aryl methyl sites for hydroxylation is 1. The van der Waals surface area contributed by atoms with E-state index >= 15 is 0 Å². The average molecular weight is 532 g/mol. The Kier molecular flexibility index (Phi) is 8.15. The summed E-state index contributed by atoms with van der Waals surface area (Å²) in [5, 5.41) is 12.9. The smallest absolute Gasteiger partial charge is 0.335 e. The highest BCUT2D eigenvalue weighted by Gasteiger charge is 2.23. The topological polar surface area (TPSA) is 138 Å². The van der Waals surface area contributed by atoms with E-state index in [4.69, 9.17) is 9.52 Å². The summed E-state index contributed by atoms with van der Waals surface area (Å²) in [6, 6.07) is 24.0. The van der Waals surface area contributed by atoms with Gasteiger partial charge in [0.1, 0.15) is 11.5 Å². The molecule has 0 fully saturated rings.